The van der Waals surface area contributed by atoms with Gasteiger partial charge >= 0.3 is 11.3 Å². The third-order valence-corrected chi connectivity index (χ3v) is 3.74. The van der Waals surface area contributed by atoms with Gasteiger partial charge in [-0.3, -0.25) is 9.09 Å². The van der Waals surface area contributed by atoms with Crippen LogP contribution in [0, 0.1) is 0 Å². The molecule has 0 saturated heterocycles. The van der Waals surface area contributed by atoms with Gasteiger partial charge in [-0.15, -0.1) is 0 Å². The van der Waals surface area contributed by atoms with Crippen LogP contribution in [0.25, 0.3) is 0 Å². The summed E-state index contributed by atoms with van der Waals surface area (Å²) in [5.41, 5.74) is 0. The van der Waals surface area contributed by atoms with Crippen molar-refractivity contribution in [2.45, 2.75) is 17.5 Å². The fraction of sp³-hybridized carbons (Fsp3) is 1.00. The van der Waals surface area contributed by atoms with E-state index in [0.29, 0.717) is 0 Å². The normalized spacial score (nSPS) is 17.4. The van der Waals surface area contributed by atoms with Crippen LogP contribution in [0.2, 0.25) is 0 Å². The van der Waals surface area contributed by atoms with E-state index in [-0.39, 0.29) is 12.8 Å². The van der Waals surface area contributed by atoms with Crippen molar-refractivity contribution in [1.82, 2.24) is 0 Å². The number of hydrogen-bond donors (Lipinski definition) is 0. The molecule has 0 aliphatic rings. The molecule has 0 rings (SSSR count). The highest BCUT2D eigenvalue weighted by Gasteiger charge is 2.34. The summed E-state index contributed by atoms with van der Waals surface area (Å²) in [7, 11) is -3.29. The van der Waals surface area contributed by atoms with Crippen molar-refractivity contribution in [3.8, 4) is 0 Å². The van der Waals surface area contributed by atoms with Gasteiger partial charge in [-0.05, 0) is 38.8 Å². The van der Waals surface area contributed by atoms with Crippen molar-refractivity contribution < 1.29 is 18.0 Å². The van der Waals surface area contributed by atoms with Crippen molar-refractivity contribution in [2.24, 2.45) is 0 Å². The maximum atomic E-state index is 12.8. The zero-order chi connectivity index (χ0) is 9.83. The van der Waals surface area contributed by atoms with Gasteiger partial charge in [-0.1, -0.05) is 6.92 Å². The molecule has 0 amide bonds. The van der Waals surface area contributed by atoms with E-state index in [1.807, 2.05) is 0 Å². The van der Waals surface area contributed by atoms with Crippen LogP contribution in [-0.2, 0) is 13.6 Å². The lowest BCUT2D eigenvalue weighted by Gasteiger charge is -2.19. The molecular weight excluding hydrogens is 318 g/mol. The summed E-state index contributed by atoms with van der Waals surface area (Å²) in [4.78, 5) is 0. The van der Waals surface area contributed by atoms with Gasteiger partial charge in [0.05, 0.1) is 6.61 Å². The second-order valence-corrected chi connectivity index (χ2v) is 7.28. The topological polar surface area (TPSA) is 35.5 Å². The predicted molar refractivity (Wildman–Crippen MR) is 52.6 cm³/mol. The summed E-state index contributed by atoms with van der Waals surface area (Å²) in [5.74, 6) is 0. The summed E-state index contributed by atoms with van der Waals surface area (Å²) >= 11 is 5.00. The monoisotopic (exact) mass is 326 g/mol. The minimum atomic E-state index is -3.29. The molecular formula is C5H10Br2FO3P. The lowest BCUT2D eigenvalue weighted by Crippen LogP contribution is -2.09. The molecule has 7 heteroatoms. The largest absolute Gasteiger partial charge is 0.334 e. The quantitative estimate of drug-likeness (QED) is 0.571. The first-order valence-electron chi connectivity index (χ1n) is 3.34. The molecule has 0 aromatic rings. The van der Waals surface area contributed by atoms with Gasteiger partial charge in [0.15, 0.2) is 0 Å². The van der Waals surface area contributed by atoms with Gasteiger partial charge in [-0.2, -0.15) is 4.39 Å². The molecule has 0 aromatic heterocycles. The third-order valence-electron chi connectivity index (χ3n) is 0.956. The van der Waals surface area contributed by atoms with E-state index in [9.17, 15) is 8.96 Å². The number of rotatable bonds is 5. The van der Waals surface area contributed by atoms with Gasteiger partial charge in [0, 0.05) is 6.16 Å². The summed E-state index contributed by atoms with van der Waals surface area (Å²) in [5, 5.41) is 0. The van der Waals surface area contributed by atoms with Crippen LogP contribution in [0.5, 0.6) is 0 Å². The minimum absolute atomic E-state index is 0.129. The molecule has 0 bridgehead atoms. The lowest BCUT2D eigenvalue weighted by atomic mass is 10.9. The number of halogens is 3. The second-order valence-electron chi connectivity index (χ2n) is 1.88. The third kappa shape index (κ3) is 5.65. The Bertz CT molecular complexity index is 182. The fourth-order valence-electron chi connectivity index (χ4n) is 0.537. The summed E-state index contributed by atoms with van der Waals surface area (Å²) in [6.45, 7) is 3.48. The van der Waals surface area contributed by atoms with Crippen molar-refractivity contribution in [1.29, 1.82) is 0 Å². The van der Waals surface area contributed by atoms with E-state index in [0.717, 1.165) is 0 Å². The van der Waals surface area contributed by atoms with Gasteiger partial charge in [0.25, 0.3) is 0 Å². The van der Waals surface area contributed by atoms with E-state index < -0.39 is 11.3 Å². The van der Waals surface area contributed by atoms with Crippen LogP contribution < -0.4 is 0 Å². The molecule has 0 radical (unpaired) electrons. The standard InChI is InChI=1S/C5H10Br2FO3P/c1-3-10-12(9,4-2)11-5(6,7)8/h3-4H2,1-2H3. The lowest BCUT2D eigenvalue weighted by molar-refractivity contribution is 0.103. The molecule has 74 valence electrons. The van der Waals surface area contributed by atoms with Gasteiger partial charge in [-0.25, -0.2) is 0 Å². The van der Waals surface area contributed by atoms with E-state index in [4.69, 9.17) is 4.52 Å². The second kappa shape index (κ2) is 5.05. The highest BCUT2D eigenvalue weighted by molar-refractivity contribution is 9.25. The molecule has 0 saturated carbocycles. The molecule has 0 aliphatic carbocycles. The Hall–Kier alpha value is 1.04. The first kappa shape index (κ1) is 13.0. The Morgan fingerprint density at radius 3 is 2.25 bits per heavy atom. The molecule has 0 heterocycles. The first-order valence-corrected chi connectivity index (χ1v) is 6.65. The van der Waals surface area contributed by atoms with Gasteiger partial charge in [0.2, 0.25) is 0 Å². The molecule has 0 aromatic carbocycles. The first-order chi connectivity index (χ1) is 5.33. The average Bonchev–Trinajstić information content (AvgIpc) is 1.84. The SMILES string of the molecule is CCOP(=O)(CC)OC(F)(Br)Br. The zero-order valence-electron chi connectivity index (χ0n) is 6.72. The van der Waals surface area contributed by atoms with Gasteiger partial charge < -0.3 is 4.52 Å². The van der Waals surface area contributed by atoms with E-state index >= 15 is 0 Å². The number of hydrogen-bond acceptors (Lipinski definition) is 3. The summed E-state index contributed by atoms with van der Waals surface area (Å²) in [6, 6.07) is 0. The molecule has 12 heavy (non-hydrogen) atoms. The molecule has 0 spiro atoms. The van der Waals surface area contributed by atoms with Crippen molar-refractivity contribution in [3.05, 3.63) is 0 Å². The molecule has 0 N–H and O–H groups in total. The highest BCUT2D eigenvalue weighted by atomic mass is 79.9. The van der Waals surface area contributed by atoms with E-state index in [1.165, 1.54) is 0 Å². The molecule has 1 unspecified atom stereocenters. The Balaban J connectivity index is 4.25. The number of alkyl halides is 3. The molecule has 0 aliphatic heterocycles. The van der Waals surface area contributed by atoms with Gasteiger partial charge in [0.1, 0.15) is 0 Å². The molecule has 0 fully saturated rings. The van der Waals surface area contributed by atoms with E-state index in [1.54, 1.807) is 13.8 Å². The van der Waals surface area contributed by atoms with E-state index in [2.05, 4.69) is 36.4 Å². The molecule has 1 atom stereocenters. The Kier molecular flexibility index (Phi) is 5.49. The Labute approximate surface area is 87.8 Å². The minimum Gasteiger partial charge on any atom is -0.309 e. The van der Waals surface area contributed by atoms with Crippen molar-refractivity contribution in [3.63, 3.8) is 0 Å². The fourth-order valence-corrected chi connectivity index (χ4v) is 2.93. The van der Waals surface area contributed by atoms with Crippen LogP contribution >= 0.6 is 39.5 Å². The van der Waals surface area contributed by atoms with Crippen LogP contribution in [0.3, 0.4) is 0 Å². The Morgan fingerprint density at radius 2 is 2.00 bits per heavy atom. The summed E-state index contributed by atoms with van der Waals surface area (Å²) in [6.07, 6.45) is 0.129. The average molecular weight is 328 g/mol. The highest BCUT2D eigenvalue weighted by Crippen LogP contribution is 2.54. The summed E-state index contributed by atoms with van der Waals surface area (Å²) < 4.78 is 31.2. The van der Waals surface area contributed by atoms with Crippen molar-refractivity contribution in [2.75, 3.05) is 12.8 Å². The van der Waals surface area contributed by atoms with Crippen LogP contribution in [0.4, 0.5) is 4.39 Å². The van der Waals surface area contributed by atoms with Crippen LogP contribution in [0.15, 0.2) is 0 Å². The van der Waals surface area contributed by atoms with Crippen molar-refractivity contribution >= 4 is 39.5 Å². The zero-order valence-corrected chi connectivity index (χ0v) is 10.8. The molecule has 3 nitrogen and oxygen atoms in total. The van der Waals surface area contributed by atoms with Crippen LogP contribution in [0.1, 0.15) is 13.8 Å². The van der Waals surface area contributed by atoms with Crippen LogP contribution in [-0.4, -0.2) is 16.4 Å². The predicted octanol–water partition coefficient (Wildman–Crippen LogP) is 3.62. The maximum absolute atomic E-state index is 12.8. The smallest absolute Gasteiger partial charge is 0.309 e. The maximum Gasteiger partial charge on any atom is 0.334 e. The Morgan fingerprint density at radius 1 is 1.50 bits per heavy atom.